The molecule has 4 aromatic carbocycles. The van der Waals surface area contributed by atoms with Crippen molar-refractivity contribution in [2.24, 2.45) is 0 Å². The van der Waals surface area contributed by atoms with E-state index in [9.17, 15) is 16.8 Å². The van der Waals surface area contributed by atoms with Gasteiger partial charge in [-0.05, 0) is 45.8 Å². The first kappa shape index (κ1) is 17.7. The first-order chi connectivity index (χ1) is 12.9. The van der Waals surface area contributed by atoms with E-state index in [1.54, 1.807) is 36.4 Å². The molecule has 0 radical (unpaired) electrons. The smallest absolute Gasteiger partial charge is 0.193 e. The zero-order valence-corrected chi connectivity index (χ0v) is 15.6. The van der Waals surface area contributed by atoms with Crippen LogP contribution in [0, 0.1) is 0 Å². The average molecular weight is 398 g/mol. The second-order valence-electron chi connectivity index (χ2n) is 5.99. The molecule has 0 bridgehead atoms. The van der Waals surface area contributed by atoms with Gasteiger partial charge in [-0.3, -0.25) is 0 Å². The van der Waals surface area contributed by atoms with Crippen molar-refractivity contribution in [3.8, 4) is 0 Å². The number of fused-ring (bicyclic) bond motifs is 2. The molecule has 0 aliphatic heterocycles. The van der Waals surface area contributed by atoms with Crippen molar-refractivity contribution in [2.45, 2.75) is 9.79 Å². The van der Waals surface area contributed by atoms with E-state index in [0.717, 1.165) is 10.8 Å². The van der Waals surface area contributed by atoms with Crippen LogP contribution in [0.25, 0.3) is 21.5 Å². The molecular weight excluding hydrogens is 384 g/mol. The van der Waals surface area contributed by atoms with E-state index < -0.39 is 20.2 Å². The van der Waals surface area contributed by atoms with Gasteiger partial charge in [-0.15, -0.1) is 3.63 Å². The van der Waals surface area contributed by atoms with Gasteiger partial charge in [0, 0.05) is 0 Å². The van der Waals surface area contributed by atoms with Crippen LogP contribution in [-0.4, -0.2) is 16.8 Å². The maximum atomic E-state index is 12.5. The second kappa shape index (κ2) is 6.45. The summed E-state index contributed by atoms with van der Waals surface area (Å²) in [5, 5.41) is 3.03. The van der Waals surface area contributed by atoms with Gasteiger partial charge in [0.15, 0.2) is 0 Å². The van der Waals surface area contributed by atoms with Crippen LogP contribution in [0.5, 0.6) is 0 Å². The van der Waals surface area contributed by atoms with E-state index in [0.29, 0.717) is 10.8 Å². The van der Waals surface area contributed by atoms with Gasteiger partial charge in [0.05, 0.1) is 9.79 Å². The van der Waals surface area contributed by atoms with Crippen LogP contribution in [0.4, 0.5) is 0 Å². The quantitative estimate of drug-likeness (QED) is 0.517. The third kappa shape index (κ3) is 3.44. The minimum Gasteiger partial charge on any atom is -0.193 e. The van der Waals surface area contributed by atoms with Gasteiger partial charge in [0.25, 0.3) is 0 Å². The molecule has 0 aromatic heterocycles. The van der Waals surface area contributed by atoms with Crippen LogP contribution in [0.1, 0.15) is 0 Å². The summed E-state index contributed by atoms with van der Waals surface area (Å²) in [4.78, 5) is -0.434. The lowest BCUT2D eigenvalue weighted by molar-refractivity contribution is 0.462. The van der Waals surface area contributed by atoms with E-state index >= 15 is 0 Å². The van der Waals surface area contributed by atoms with E-state index in [-0.39, 0.29) is 9.79 Å². The molecule has 0 unspecified atom stereocenters. The lowest BCUT2D eigenvalue weighted by Crippen LogP contribution is -2.14. The highest BCUT2D eigenvalue weighted by Gasteiger charge is 2.27. The number of benzene rings is 4. The predicted octanol–water partition coefficient (Wildman–Crippen LogP) is 4.09. The molecule has 5 nitrogen and oxygen atoms in total. The topological polar surface area (TPSA) is 77.5 Å². The highest BCUT2D eigenvalue weighted by atomic mass is 32.3. The van der Waals surface area contributed by atoms with Gasteiger partial charge < -0.3 is 0 Å². The lowest BCUT2D eigenvalue weighted by Gasteiger charge is -2.08. The van der Waals surface area contributed by atoms with E-state index in [4.69, 9.17) is 0 Å². The molecule has 4 aromatic rings. The summed E-state index contributed by atoms with van der Waals surface area (Å²) in [7, 11) is -9.00. The second-order valence-corrected chi connectivity index (χ2v) is 9.30. The summed E-state index contributed by atoms with van der Waals surface area (Å²) in [6, 6.07) is 23.0. The molecule has 0 N–H and O–H groups in total. The third-order valence-corrected chi connectivity index (χ3v) is 7.29. The maximum Gasteiger partial charge on any atom is 0.311 e. The fourth-order valence-electron chi connectivity index (χ4n) is 2.84. The minimum absolute atomic E-state index is 0.217. The predicted molar refractivity (Wildman–Crippen MR) is 103 cm³/mol. The van der Waals surface area contributed by atoms with Gasteiger partial charge in [-0.2, -0.15) is 16.8 Å². The highest BCUT2D eigenvalue weighted by Crippen LogP contribution is 2.25. The van der Waals surface area contributed by atoms with Crippen LogP contribution in [0.15, 0.2) is 94.7 Å². The molecule has 0 aliphatic carbocycles. The van der Waals surface area contributed by atoms with Crippen LogP contribution in [-0.2, 0) is 23.9 Å². The summed E-state index contributed by atoms with van der Waals surface area (Å²) in [6.45, 7) is 0. The van der Waals surface area contributed by atoms with Crippen LogP contribution in [0.3, 0.4) is 0 Å². The maximum absolute atomic E-state index is 12.5. The molecule has 0 aliphatic rings. The lowest BCUT2D eigenvalue weighted by atomic mass is 10.1. The highest BCUT2D eigenvalue weighted by molar-refractivity contribution is 7.99. The first-order valence-corrected chi connectivity index (χ1v) is 10.9. The number of rotatable bonds is 4. The monoisotopic (exact) mass is 398 g/mol. The number of hydrogen-bond acceptors (Lipinski definition) is 5. The van der Waals surface area contributed by atoms with Crippen molar-refractivity contribution in [1.82, 2.24) is 0 Å². The normalized spacial score (nSPS) is 12.4. The summed E-state index contributed by atoms with van der Waals surface area (Å²) in [5.74, 6) is 0. The Morgan fingerprint density at radius 3 is 1.26 bits per heavy atom. The van der Waals surface area contributed by atoms with E-state index in [1.807, 2.05) is 24.3 Å². The Bertz CT molecular complexity index is 1270. The van der Waals surface area contributed by atoms with Crippen molar-refractivity contribution in [3.63, 3.8) is 0 Å². The van der Waals surface area contributed by atoms with Gasteiger partial charge in [0.1, 0.15) is 0 Å². The van der Waals surface area contributed by atoms with Gasteiger partial charge in [-0.25, -0.2) is 0 Å². The molecule has 0 heterocycles. The van der Waals surface area contributed by atoms with Crippen LogP contribution >= 0.6 is 0 Å². The number of hydrogen-bond donors (Lipinski definition) is 0. The van der Waals surface area contributed by atoms with Crippen molar-refractivity contribution in [3.05, 3.63) is 84.9 Å². The SMILES string of the molecule is O=S(=O)(OS(=O)(=O)c1ccc2ccccc2c1)c1ccc2ccccc2c1. The Morgan fingerprint density at radius 1 is 0.481 bits per heavy atom. The van der Waals surface area contributed by atoms with E-state index in [2.05, 4.69) is 3.63 Å². The molecule has 4 rings (SSSR count). The molecule has 27 heavy (non-hydrogen) atoms. The summed E-state index contributed by atoms with van der Waals surface area (Å²) >= 11 is 0. The van der Waals surface area contributed by atoms with Crippen molar-refractivity contribution < 1.29 is 20.5 Å². The molecular formula is C20H14O5S2. The van der Waals surface area contributed by atoms with Crippen molar-refractivity contribution in [2.75, 3.05) is 0 Å². The van der Waals surface area contributed by atoms with Gasteiger partial charge in [-0.1, -0.05) is 60.7 Å². The Hall–Kier alpha value is -2.74. The molecule has 0 saturated carbocycles. The molecule has 136 valence electrons. The first-order valence-electron chi connectivity index (χ1n) is 8.04. The van der Waals surface area contributed by atoms with Gasteiger partial charge >= 0.3 is 20.2 Å². The standard InChI is InChI=1S/C20H14O5S2/c21-26(22,19-11-9-15-5-1-3-7-17(15)13-19)25-27(23,24)20-12-10-16-6-2-4-8-18(16)14-20/h1-14H. The Kier molecular flexibility index (Phi) is 4.22. The fourth-order valence-corrected chi connectivity index (χ4v) is 5.43. The van der Waals surface area contributed by atoms with Crippen molar-refractivity contribution in [1.29, 1.82) is 0 Å². The zero-order valence-electron chi connectivity index (χ0n) is 13.9. The molecule has 0 saturated heterocycles. The zero-order chi connectivity index (χ0) is 19.1. The average Bonchev–Trinajstić information content (AvgIpc) is 2.66. The third-order valence-electron chi connectivity index (χ3n) is 4.20. The van der Waals surface area contributed by atoms with Gasteiger partial charge in [0.2, 0.25) is 0 Å². The summed E-state index contributed by atoms with van der Waals surface area (Å²) < 4.78 is 54.7. The fraction of sp³-hybridized carbons (Fsp3) is 0. The van der Waals surface area contributed by atoms with Crippen LogP contribution in [0.2, 0.25) is 0 Å². The summed E-state index contributed by atoms with van der Waals surface area (Å²) in [6.07, 6.45) is 0. The molecule has 7 heteroatoms. The molecule has 0 spiro atoms. The van der Waals surface area contributed by atoms with Crippen LogP contribution < -0.4 is 0 Å². The molecule has 0 atom stereocenters. The largest absolute Gasteiger partial charge is 0.311 e. The Morgan fingerprint density at radius 2 is 0.852 bits per heavy atom. The van der Waals surface area contributed by atoms with Crippen molar-refractivity contribution >= 4 is 41.8 Å². The summed E-state index contributed by atoms with van der Waals surface area (Å²) in [5.41, 5.74) is 0. The Labute approximate surface area is 157 Å². The van der Waals surface area contributed by atoms with E-state index in [1.165, 1.54) is 24.3 Å². The molecule has 0 fully saturated rings. The minimum atomic E-state index is -4.50. The Balaban J connectivity index is 1.73. The molecule has 0 amide bonds.